The highest BCUT2D eigenvalue weighted by molar-refractivity contribution is 5.97. The summed E-state index contributed by atoms with van der Waals surface area (Å²) in [6.45, 7) is 1.95. The Hall–Kier alpha value is -3.10. The molecule has 0 aliphatic carbocycles. The number of likely N-dealkylation sites (N-methyl/N-ethyl adjacent to an activating group) is 1. The minimum absolute atomic E-state index is 0.146. The molecule has 0 saturated carbocycles. The van der Waals surface area contributed by atoms with E-state index in [4.69, 9.17) is 0 Å². The van der Waals surface area contributed by atoms with Gasteiger partial charge in [0.15, 0.2) is 0 Å². The maximum Gasteiger partial charge on any atom is 0.405 e. The van der Waals surface area contributed by atoms with Crippen molar-refractivity contribution in [2.75, 3.05) is 29.9 Å². The number of amides is 2. The van der Waals surface area contributed by atoms with Crippen LogP contribution in [0.2, 0.25) is 0 Å². The molecule has 0 aromatic heterocycles. The third-order valence-corrected chi connectivity index (χ3v) is 4.17. The quantitative estimate of drug-likeness (QED) is 0.680. The standard InChI is InChI=1S/C20H21F4N3O2/c1-3-27(15-7-5-4-6-8-15)18(28)11-25-17-10-14(9-16(21)13(17)2)19(29)26-12-20(22,23)24/h4-10,25H,3,11-12H2,1-2H3,(H,26,29). The van der Waals surface area contributed by atoms with E-state index in [2.05, 4.69) is 5.32 Å². The van der Waals surface area contributed by atoms with Crippen LogP contribution in [0.25, 0.3) is 0 Å². The predicted molar refractivity (Wildman–Crippen MR) is 102 cm³/mol. The van der Waals surface area contributed by atoms with Crippen molar-refractivity contribution in [2.24, 2.45) is 0 Å². The van der Waals surface area contributed by atoms with E-state index in [1.54, 1.807) is 36.5 Å². The number of halogens is 4. The highest BCUT2D eigenvalue weighted by atomic mass is 19.4. The summed E-state index contributed by atoms with van der Waals surface area (Å²) in [7, 11) is 0. The summed E-state index contributed by atoms with van der Waals surface area (Å²) in [6, 6.07) is 11.0. The number of nitrogens with zero attached hydrogens (tertiary/aromatic N) is 1. The molecule has 2 N–H and O–H groups in total. The molecule has 0 fully saturated rings. The number of hydrogen-bond donors (Lipinski definition) is 2. The van der Waals surface area contributed by atoms with Crippen LogP contribution in [-0.4, -0.2) is 37.6 Å². The lowest BCUT2D eigenvalue weighted by Crippen LogP contribution is -2.35. The fraction of sp³-hybridized carbons (Fsp3) is 0.300. The van der Waals surface area contributed by atoms with E-state index in [1.807, 2.05) is 6.07 Å². The number of rotatable bonds is 7. The monoisotopic (exact) mass is 411 g/mol. The van der Waals surface area contributed by atoms with Crippen LogP contribution in [0.4, 0.5) is 28.9 Å². The lowest BCUT2D eigenvalue weighted by Gasteiger charge is -2.22. The lowest BCUT2D eigenvalue weighted by molar-refractivity contribution is -0.123. The van der Waals surface area contributed by atoms with Gasteiger partial charge >= 0.3 is 6.18 Å². The van der Waals surface area contributed by atoms with Crippen molar-refractivity contribution in [2.45, 2.75) is 20.0 Å². The highest BCUT2D eigenvalue weighted by Gasteiger charge is 2.28. The van der Waals surface area contributed by atoms with E-state index in [-0.39, 0.29) is 29.3 Å². The maximum atomic E-state index is 14.2. The number of para-hydroxylation sites is 1. The molecule has 0 spiro atoms. The van der Waals surface area contributed by atoms with Crippen molar-refractivity contribution in [3.8, 4) is 0 Å². The average Bonchev–Trinajstić information content (AvgIpc) is 2.68. The Balaban J connectivity index is 2.12. The van der Waals surface area contributed by atoms with E-state index >= 15 is 0 Å². The Morgan fingerprint density at radius 2 is 1.76 bits per heavy atom. The molecule has 2 aromatic carbocycles. The fourth-order valence-corrected chi connectivity index (χ4v) is 2.65. The van der Waals surface area contributed by atoms with Crippen LogP contribution in [0, 0.1) is 12.7 Å². The van der Waals surface area contributed by atoms with Gasteiger partial charge in [0.2, 0.25) is 5.91 Å². The fourth-order valence-electron chi connectivity index (χ4n) is 2.65. The van der Waals surface area contributed by atoms with E-state index in [0.717, 1.165) is 6.07 Å². The van der Waals surface area contributed by atoms with Crippen LogP contribution >= 0.6 is 0 Å². The summed E-state index contributed by atoms with van der Waals surface area (Å²) in [5.74, 6) is -2.12. The Bertz CT molecular complexity index is 870. The van der Waals surface area contributed by atoms with Gasteiger partial charge in [0, 0.05) is 29.0 Å². The van der Waals surface area contributed by atoms with Gasteiger partial charge in [0.1, 0.15) is 12.4 Å². The molecule has 0 bridgehead atoms. The molecule has 29 heavy (non-hydrogen) atoms. The number of alkyl halides is 3. The molecule has 9 heteroatoms. The molecular weight excluding hydrogens is 390 g/mol. The molecule has 2 aromatic rings. The summed E-state index contributed by atoms with van der Waals surface area (Å²) >= 11 is 0. The topological polar surface area (TPSA) is 61.4 Å². The first-order valence-electron chi connectivity index (χ1n) is 8.86. The van der Waals surface area contributed by atoms with Gasteiger partial charge in [-0.1, -0.05) is 18.2 Å². The van der Waals surface area contributed by atoms with Crippen molar-refractivity contribution in [3.63, 3.8) is 0 Å². The van der Waals surface area contributed by atoms with Gasteiger partial charge in [-0.15, -0.1) is 0 Å². The minimum Gasteiger partial charge on any atom is -0.376 e. The zero-order valence-corrected chi connectivity index (χ0v) is 15.9. The van der Waals surface area contributed by atoms with Crippen LogP contribution in [-0.2, 0) is 4.79 Å². The van der Waals surface area contributed by atoms with E-state index < -0.39 is 24.4 Å². The van der Waals surface area contributed by atoms with Crippen LogP contribution < -0.4 is 15.5 Å². The SMILES string of the molecule is CCN(C(=O)CNc1cc(C(=O)NCC(F)(F)F)cc(F)c1C)c1ccccc1. The molecule has 0 aliphatic rings. The number of hydrogen-bond acceptors (Lipinski definition) is 3. The predicted octanol–water partition coefficient (Wildman–Crippen LogP) is 3.89. The van der Waals surface area contributed by atoms with Crippen molar-refractivity contribution in [1.29, 1.82) is 0 Å². The van der Waals surface area contributed by atoms with E-state index in [1.165, 1.54) is 17.9 Å². The highest BCUT2D eigenvalue weighted by Crippen LogP contribution is 2.22. The Labute approximate surface area is 165 Å². The smallest absolute Gasteiger partial charge is 0.376 e. The van der Waals surface area contributed by atoms with Gasteiger partial charge < -0.3 is 15.5 Å². The zero-order valence-electron chi connectivity index (χ0n) is 15.9. The summed E-state index contributed by atoms with van der Waals surface area (Å²) in [4.78, 5) is 26.0. The van der Waals surface area contributed by atoms with Crippen molar-refractivity contribution in [3.05, 3.63) is 59.4 Å². The Morgan fingerprint density at radius 3 is 2.34 bits per heavy atom. The van der Waals surface area contributed by atoms with Crippen LogP contribution in [0.15, 0.2) is 42.5 Å². The van der Waals surface area contributed by atoms with Crippen LogP contribution in [0.1, 0.15) is 22.8 Å². The largest absolute Gasteiger partial charge is 0.405 e. The van der Waals surface area contributed by atoms with Crippen LogP contribution in [0.3, 0.4) is 0 Å². The zero-order chi connectivity index (χ0) is 21.6. The third kappa shape index (κ3) is 6.20. The van der Waals surface area contributed by atoms with Crippen molar-refractivity contribution < 1.29 is 27.2 Å². The number of carbonyl (C=O) groups is 2. The van der Waals surface area contributed by atoms with Gasteiger partial charge in [-0.05, 0) is 38.1 Å². The Kier molecular flexibility index (Phi) is 7.19. The second kappa shape index (κ2) is 9.40. The van der Waals surface area contributed by atoms with Gasteiger partial charge in [-0.3, -0.25) is 9.59 Å². The van der Waals surface area contributed by atoms with Crippen molar-refractivity contribution in [1.82, 2.24) is 5.32 Å². The second-order valence-electron chi connectivity index (χ2n) is 6.26. The van der Waals surface area contributed by atoms with Crippen molar-refractivity contribution >= 4 is 23.2 Å². The average molecular weight is 411 g/mol. The molecule has 0 saturated heterocycles. The molecule has 2 rings (SSSR count). The molecule has 2 amide bonds. The van der Waals surface area contributed by atoms with Gasteiger partial charge in [0.25, 0.3) is 5.91 Å². The van der Waals surface area contributed by atoms with Gasteiger partial charge in [-0.2, -0.15) is 13.2 Å². The molecule has 0 aliphatic heterocycles. The molecule has 0 atom stereocenters. The molecule has 0 unspecified atom stereocenters. The number of anilines is 2. The van der Waals surface area contributed by atoms with E-state index in [0.29, 0.717) is 12.2 Å². The summed E-state index contributed by atoms with van der Waals surface area (Å²) < 4.78 is 51.0. The number of benzene rings is 2. The molecule has 0 heterocycles. The summed E-state index contributed by atoms with van der Waals surface area (Å²) in [5, 5.41) is 4.47. The summed E-state index contributed by atoms with van der Waals surface area (Å²) in [5.41, 5.74) is 0.722. The number of nitrogens with one attached hydrogen (secondary N) is 2. The van der Waals surface area contributed by atoms with Gasteiger partial charge in [-0.25, -0.2) is 4.39 Å². The lowest BCUT2D eigenvalue weighted by atomic mass is 10.1. The molecule has 0 radical (unpaired) electrons. The minimum atomic E-state index is -4.58. The van der Waals surface area contributed by atoms with E-state index in [9.17, 15) is 27.2 Å². The molecular formula is C20H21F4N3O2. The normalized spacial score (nSPS) is 11.1. The Morgan fingerprint density at radius 1 is 1.10 bits per heavy atom. The molecule has 156 valence electrons. The first-order valence-corrected chi connectivity index (χ1v) is 8.86. The van der Waals surface area contributed by atoms with Gasteiger partial charge in [0.05, 0.1) is 6.54 Å². The first-order chi connectivity index (χ1) is 13.6. The number of carbonyl (C=O) groups excluding carboxylic acids is 2. The third-order valence-electron chi connectivity index (χ3n) is 4.17. The maximum absolute atomic E-state index is 14.2. The first kappa shape index (κ1) is 22.2. The summed E-state index contributed by atoms with van der Waals surface area (Å²) in [6.07, 6.45) is -4.58. The van der Waals surface area contributed by atoms with Crippen LogP contribution in [0.5, 0.6) is 0 Å². The second-order valence-corrected chi connectivity index (χ2v) is 6.26. The molecule has 5 nitrogen and oxygen atoms in total.